The van der Waals surface area contributed by atoms with Crippen LogP contribution in [0.3, 0.4) is 0 Å². The number of hydrogen-bond donors (Lipinski definition) is 10. The number of aliphatic hydroxyl groups is 1. The van der Waals surface area contributed by atoms with Gasteiger partial charge in [0.15, 0.2) is 11.9 Å². The highest BCUT2D eigenvalue weighted by Gasteiger charge is 2.32. The summed E-state index contributed by atoms with van der Waals surface area (Å²) in [7, 11) is 0. The summed E-state index contributed by atoms with van der Waals surface area (Å²) in [6.07, 6.45) is 32.5. The predicted molar refractivity (Wildman–Crippen MR) is 307 cm³/mol. The van der Waals surface area contributed by atoms with E-state index in [2.05, 4.69) is 64.2 Å². The molecule has 420 valence electrons. The number of aromatic amines is 1. The van der Waals surface area contributed by atoms with Crippen LogP contribution < -0.4 is 27.4 Å². The summed E-state index contributed by atoms with van der Waals surface area (Å²) in [5, 5.41) is 52.3. The Balaban J connectivity index is 0.000000351. The third-order valence-electron chi connectivity index (χ3n) is 11.1. The maximum atomic E-state index is 11.0. The van der Waals surface area contributed by atoms with Gasteiger partial charge in [0.2, 0.25) is 0 Å². The molecule has 19 nitrogen and oxygen atoms in total. The van der Waals surface area contributed by atoms with Gasteiger partial charge in [0.25, 0.3) is 5.88 Å². The lowest BCUT2D eigenvalue weighted by Crippen LogP contribution is -2.32. The summed E-state index contributed by atoms with van der Waals surface area (Å²) in [6.45, 7) is 12.8. The molecule has 6 aromatic rings. The number of nitrogens with one attached hydrogen (secondary N) is 6. The van der Waals surface area contributed by atoms with Gasteiger partial charge in [0.05, 0.1) is 32.4 Å². The van der Waals surface area contributed by atoms with Crippen LogP contribution in [0.2, 0.25) is 20.1 Å². The average Bonchev–Trinajstić information content (AvgIpc) is 4.26. The van der Waals surface area contributed by atoms with Crippen molar-refractivity contribution >= 4 is 58.3 Å². The van der Waals surface area contributed by atoms with E-state index in [-0.39, 0.29) is 23.9 Å². The Morgan fingerprint density at radius 2 is 1.42 bits per heavy atom. The standard InChI is InChI=1S/C18H41N7.C14H17Cl2N3O.C14H14Cl2N2O.C4H5NO2.C3H4N2/c19-17(20)24-15-11-7-3-1-5-9-13-23-14-10-6-2-4-8-12-16-25-18(21)22;1-2-3-6-14(20,8-19-10-17-9-18-19)12-5-4-11(15)7-13(12)16;1-2-7-19-14(9-18-6-5-17-10-18)12-4-3-11(15)8-13(12)16;1-3-2-4(6)5-7-3;1-2-5-3-4-1/h23H,1-16H2,(H4,19,20,24)(H4,21,22,25);4-5,7,9-10,20H,2-3,6,8H2,1H3;2-6,8,10,14H,1,7,9H2;2H,1H3,(H,5,6);1-3H,(H,4,5). The summed E-state index contributed by atoms with van der Waals surface area (Å²) < 4.78 is 13.8. The minimum Gasteiger partial charge on any atom is -0.491 e. The molecule has 0 saturated carbocycles. The zero-order valence-electron chi connectivity index (χ0n) is 44.1. The number of ether oxygens (including phenoxy) is 1. The van der Waals surface area contributed by atoms with Gasteiger partial charge in [0.1, 0.15) is 30.1 Å². The first-order chi connectivity index (χ1) is 36.7. The molecule has 2 atom stereocenters. The summed E-state index contributed by atoms with van der Waals surface area (Å²) in [5.74, 6) is 0.719. The molecule has 0 aliphatic rings. The smallest absolute Gasteiger partial charge is 0.251 e. The zero-order chi connectivity index (χ0) is 55.7. The van der Waals surface area contributed by atoms with Crippen molar-refractivity contribution in [3.8, 4) is 5.88 Å². The van der Waals surface area contributed by atoms with Crippen LogP contribution in [-0.4, -0.2) is 94.4 Å². The average molecular weight is 1130 g/mol. The molecule has 0 bridgehead atoms. The van der Waals surface area contributed by atoms with Gasteiger partial charge in [-0.25, -0.2) is 19.6 Å². The van der Waals surface area contributed by atoms with Crippen LogP contribution >= 0.6 is 46.4 Å². The maximum absolute atomic E-state index is 11.0. The SMILES string of the molecule is C=CCOC(Cn1ccnc1)c1ccc(Cl)cc1Cl.CCCCC(O)(Cn1cncn1)c1ccc(Cl)cc1Cl.Cc1cc(O)no1.N=C(N)NCCCCCCCCNCCCCCCCCNC(=N)N.c1c[nH]cn1. The van der Waals surface area contributed by atoms with E-state index in [4.69, 9.17) is 78.5 Å². The first kappa shape index (κ1) is 66.4. The molecule has 12 N–H and O–H groups in total. The summed E-state index contributed by atoms with van der Waals surface area (Å²) >= 11 is 24.3. The van der Waals surface area contributed by atoms with Crippen molar-refractivity contribution in [2.75, 3.05) is 32.8 Å². The van der Waals surface area contributed by atoms with E-state index >= 15 is 0 Å². The Kier molecular flexibility index (Phi) is 36.3. The number of nitrogens with zero attached hydrogens (tertiary/aromatic N) is 7. The first-order valence-corrected chi connectivity index (χ1v) is 27.2. The van der Waals surface area contributed by atoms with E-state index in [9.17, 15) is 5.11 Å². The lowest BCUT2D eigenvalue weighted by Gasteiger charge is -2.29. The number of aryl methyl sites for hydroxylation is 1. The molecule has 0 spiro atoms. The number of halogens is 4. The zero-order valence-corrected chi connectivity index (χ0v) is 47.1. The number of nitrogens with two attached hydrogens (primary N) is 2. The van der Waals surface area contributed by atoms with Crippen molar-refractivity contribution < 1.29 is 19.5 Å². The topological polar surface area (TPSA) is 289 Å². The second-order valence-electron chi connectivity index (χ2n) is 17.6. The highest BCUT2D eigenvalue weighted by Crippen LogP contribution is 2.35. The fourth-order valence-corrected chi connectivity index (χ4v) is 8.41. The first-order valence-electron chi connectivity index (χ1n) is 25.7. The fraction of sp³-hybridized carbons (Fsp3) is 0.491. The molecule has 0 aliphatic heterocycles. The number of hydrogen-bond acceptors (Lipinski definition) is 12. The monoisotopic (exact) mass is 1130 g/mol. The van der Waals surface area contributed by atoms with Gasteiger partial charge in [-0.2, -0.15) is 5.10 Å². The number of rotatable bonds is 30. The number of benzene rings is 2. The van der Waals surface area contributed by atoms with E-state index < -0.39 is 5.60 Å². The highest BCUT2D eigenvalue weighted by atomic mass is 35.5. The Hall–Kier alpha value is -5.67. The molecule has 4 aromatic heterocycles. The Morgan fingerprint density at radius 1 is 0.816 bits per heavy atom. The van der Waals surface area contributed by atoms with E-state index in [1.54, 1.807) is 85.6 Å². The minimum absolute atomic E-state index is 0.0579. The molecule has 0 saturated heterocycles. The van der Waals surface area contributed by atoms with Crippen LogP contribution in [0.15, 0.2) is 110 Å². The van der Waals surface area contributed by atoms with Gasteiger partial charge < -0.3 is 56.4 Å². The summed E-state index contributed by atoms with van der Waals surface area (Å²) in [5.41, 5.74) is 11.0. The number of aromatic nitrogens is 8. The van der Waals surface area contributed by atoms with Crippen LogP contribution in [-0.2, 0) is 23.4 Å². The molecular weight excluding hydrogens is 1050 g/mol. The van der Waals surface area contributed by atoms with E-state index in [1.807, 2.05) is 16.8 Å². The van der Waals surface area contributed by atoms with Crippen LogP contribution in [0.4, 0.5) is 0 Å². The minimum atomic E-state index is -1.08. The summed E-state index contributed by atoms with van der Waals surface area (Å²) in [6, 6.07) is 12.0. The molecule has 0 aliphatic carbocycles. The van der Waals surface area contributed by atoms with Crippen molar-refractivity contribution in [2.24, 2.45) is 11.5 Å². The van der Waals surface area contributed by atoms with Gasteiger partial charge in [-0.15, -0.1) is 6.58 Å². The second-order valence-corrected chi connectivity index (χ2v) is 19.3. The highest BCUT2D eigenvalue weighted by molar-refractivity contribution is 6.35. The van der Waals surface area contributed by atoms with Crippen LogP contribution in [0.1, 0.15) is 126 Å². The normalized spacial score (nSPS) is 11.7. The largest absolute Gasteiger partial charge is 0.491 e. The Bertz CT molecular complexity index is 2310. The molecule has 76 heavy (non-hydrogen) atoms. The van der Waals surface area contributed by atoms with Gasteiger partial charge in [0, 0.05) is 75.2 Å². The van der Waals surface area contributed by atoms with Crippen LogP contribution in [0.5, 0.6) is 5.88 Å². The lowest BCUT2D eigenvalue weighted by molar-refractivity contribution is 0.00429. The van der Waals surface area contributed by atoms with Crippen molar-refractivity contribution in [3.63, 3.8) is 0 Å². The molecule has 4 heterocycles. The third-order valence-corrected chi connectivity index (χ3v) is 12.3. The van der Waals surface area contributed by atoms with E-state index in [0.29, 0.717) is 57.5 Å². The van der Waals surface area contributed by atoms with Gasteiger partial charge >= 0.3 is 0 Å². The van der Waals surface area contributed by atoms with Crippen LogP contribution in [0.25, 0.3) is 0 Å². The Labute approximate surface area is 468 Å². The molecule has 2 unspecified atom stereocenters. The lowest BCUT2D eigenvalue weighted by atomic mass is 9.88. The quantitative estimate of drug-likeness (QED) is 0.00869. The molecule has 2 aromatic carbocycles. The fourth-order valence-electron chi connectivity index (χ4n) is 7.29. The third kappa shape index (κ3) is 32.0. The van der Waals surface area contributed by atoms with Crippen molar-refractivity contribution in [1.29, 1.82) is 10.8 Å². The molecule has 6 rings (SSSR count). The van der Waals surface area contributed by atoms with Gasteiger partial charge in [-0.3, -0.25) is 10.8 Å². The molecule has 0 radical (unpaired) electrons. The van der Waals surface area contributed by atoms with Crippen molar-refractivity contribution in [3.05, 3.63) is 142 Å². The van der Waals surface area contributed by atoms with Gasteiger partial charge in [-0.05, 0) is 81.5 Å². The number of aromatic hydroxyl groups is 1. The molecule has 23 heteroatoms. The van der Waals surface area contributed by atoms with Crippen LogP contribution in [0, 0.1) is 17.7 Å². The molecular formula is C53H81Cl4N15O4. The molecule has 0 fully saturated rings. The van der Waals surface area contributed by atoms with Crippen molar-refractivity contribution in [2.45, 2.75) is 135 Å². The number of imidazole rings is 2. The Morgan fingerprint density at radius 3 is 1.86 bits per heavy atom. The molecule has 0 amide bonds. The number of unbranched alkanes of at least 4 members (excludes halogenated alkanes) is 11. The number of H-pyrrole nitrogens is 1. The summed E-state index contributed by atoms with van der Waals surface area (Å²) in [4.78, 5) is 14.3. The maximum Gasteiger partial charge on any atom is 0.251 e. The second kappa shape index (κ2) is 41.5. The predicted octanol–water partition coefficient (Wildman–Crippen LogP) is 11.1. The van der Waals surface area contributed by atoms with E-state index in [1.165, 1.54) is 76.6 Å². The van der Waals surface area contributed by atoms with Gasteiger partial charge in [-0.1, -0.05) is 136 Å². The number of guanidine groups is 2. The van der Waals surface area contributed by atoms with Crippen molar-refractivity contribution in [1.82, 2.24) is 55.4 Å². The van der Waals surface area contributed by atoms with E-state index in [0.717, 1.165) is 57.4 Å².